The molecule has 4 heteroatoms. The van der Waals surface area contributed by atoms with Crippen LogP contribution in [0.15, 0.2) is 24.3 Å². The fraction of sp³-hybridized carbons (Fsp3) is 0.182. The van der Waals surface area contributed by atoms with Gasteiger partial charge in [-0.15, -0.1) is 0 Å². The molecule has 0 radical (unpaired) electrons. The van der Waals surface area contributed by atoms with Crippen LogP contribution < -0.4 is 0 Å². The third-order valence-electron chi connectivity index (χ3n) is 1.94. The van der Waals surface area contributed by atoms with Crippen molar-refractivity contribution in [2.24, 2.45) is 5.92 Å². The van der Waals surface area contributed by atoms with Crippen LogP contribution in [0, 0.1) is 11.7 Å². The smallest absolute Gasteiger partial charge is 0.166 e. The molecule has 0 fully saturated rings. The Morgan fingerprint density at radius 3 is 2.40 bits per heavy atom. The highest BCUT2D eigenvalue weighted by Gasteiger charge is 2.16. The first-order valence-corrected chi connectivity index (χ1v) is 4.37. The first-order valence-electron chi connectivity index (χ1n) is 4.37. The number of carbonyl (C=O) groups is 3. The van der Waals surface area contributed by atoms with Crippen molar-refractivity contribution in [3.8, 4) is 0 Å². The Morgan fingerprint density at radius 2 is 1.87 bits per heavy atom. The Hall–Kier alpha value is -1.84. The van der Waals surface area contributed by atoms with Crippen LogP contribution in [-0.2, 0) is 9.59 Å². The van der Waals surface area contributed by atoms with Crippen molar-refractivity contribution in [2.75, 3.05) is 0 Å². The van der Waals surface area contributed by atoms with E-state index in [0.29, 0.717) is 12.6 Å². The second-order valence-electron chi connectivity index (χ2n) is 3.04. The molecule has 0 saturated heterocycles. The molecule has 0 N–H and O–H groups in total. The van der Waals surface area contributed by atoms with Crippen LogP contribution in [0.3, 0.4) is 0 Å². The van der Waals surface area contributed by atoms with Gasteiger partial charge in [0.15, 0.2) is 5.78 Å². The van der Waals surface area contributed by atoms with E-state index < -0.39 is 17.5 Å². The monoisotopic (exact) mass is 208 g/mol. The highest BCUT2D eigenvalue weighted by Crippen LogP contribution is 2.11. The van der Waals surface area contributed by atoms with E-state index >= 15 is 0 Å². The molecule has 1 aromatic carbocycles. The zero-order chi connectivity index (χ0) is 11.3. The third kappa shape index (κ3) is 2.80. The average Bonchev–Trinajstić information content (AvgIpc) is 2.26. The van der Waals surface area contributed by atoms with Crippen molar-refractivity contribution in [2.45, 2.75) is 6.42 Å². The fourth-order valence-corrected chi connectivity index (χ4v) is 1.14. The van der Waals surface area contributed by atoms with Gasteiger partial charge < -0.3 is 9.59 Å². The maximum absolute atomic E-state index is 13.1. The predicted octanol–water partition coefficient (Wildman–Crippen LogP) is 1.41. The summed E-state index contributed by atoms with van der Waals surface area (Å²) >= 11 is 0. The van der Waals surface area contributed by atoms with Gasteiger partial charge in [-0.25, -0.2) is 4.39 Å². The maximum Gasteiger partial charge on any atom is 0.166 e. The van der Waals surface area contributed by atoms with Gasteiger partial charge in [0, 0.05) is 6.42 Å². The minimum atomic E-state index is -0.989. The zero-order valence-corrected chi connectivity index (χ0v) is 7.85. The second-order valence-corrected chi connectivity index (χ2v) is 3.04. The summed E-state index contributed by atoms with van der Waals surface area (Å²) in [6.45, 7) is 0. The standard InChI is InChI=1S/C11H9FO3/c12-10-4-2-1-3-9(10)11(15)5-8(6-13)7-14/h1-4,6-8H,5H2. The van der Waals surface area contributed by atoms with Crippen LogP contribution in [0.25, 0.3) is 0 Å². The van der Waals surface area contributed by atoms with E-state index in [1.807, 2.05) is 0 Å². The number of ketones is 1. The molecular formula is C11H9FO3. The van der Waals surface area contributed by atoms with Gasteiger partial charge in [-0.2, -0.15) is 0 Å². The Bertz CT molecular complexity index is 379. The van der Waals surface area contributed by atoms with Crippen molar-refractivity contribution < 1.29 is 18.8 Å². The summed E-state index contributed by atoms with van der Waals surface area (Å²) < 4.78 is 13.1. The highest BCUT2D eigenvalue weighted by molar-refractivity contribution is 5.99. The van der Waals surface area contributed by atoms with Crippen molar-refractivity contribution >= 4 is 18.4 Å². The number of rotatable bonds is 5. The first kappa shape index (κ1) is 11.2. The van der Waals surface area contributed by atoms with Crippen LogP contribution >= 0.6 is 0 Å². The molecule has 1 aromatic rings. The van der Waals surface area contributed by atoms with E-state index in [1.165, 1.54) is 18.2 Å². The van der Waals surface area contributed by atoms with Gasteiger partial charge in [-0.05, 0) is 12.1 Å². The Morgan fingerprint density at radius 1 is 1.27 bits per heavy atom. The molecule has 0 saturated carbocycles. The van der Waals surface area contributed by atoms with Crippen molar-refractivity contribution in [3.63, 3.8) is 0 Å². The van der Waals surface area contributed by atoms with Crippen LogP contribution in [-0.4, -0.2) is 18.4 Å². The number of aldehydes is 2. The van der Waals surface area contributed by atoms with Gasteiger partial charge in [0.2, 0.25) is 0 Å². The van der Waals surface area contributed by atoms with Gasteiger partial charge in [0.1, 0.15) is 18.4 Å². The van der Waals surface area contributed by atoms with E-state index in [4.69, 9.17) is 0 Å². The van der Waals surface area contributed by atoms with E-state index in [9.17, 15) is 18.8 Å². The molecule has 0 aliphatic heterocycles. The van der Waals surface area contributed by atoms with Crippen LogP contribution in [0.5, 0.6) is 0 Å². The molecule has 0 atom stereocenters. The molecule has 0 spiro atoms. The molecule has 0 unspecified atom stereocenters. The van der Waals surface area contributed by atoms with Gasteiger partial charge >= 0.3 is 0 Å². The zero-order valence-electron chi connectivity index (χ0n) is 7.85. The lowest BCUT2D eigenvalue weighted by atomic mass is 10.0. The molecule has 0 bridgehead atoms. The van der Waals surface area contributed by atoms with Gasteiger partial charge in [-0.1, -0.05) is 12.1 Å². The lowest BCUT2D eigenvalue weighted by Gasteiger charge is -2.02. The van der Waals surface area contributed by atoms with E-state index in [1.54, 1.807) is 0 Å². The van der Waals surface area contributed by atoms with E-state index in [2.05, 4.69) is 0 Å². The third-order valence-corrected chi connectivity index (χ3v) is 1.94. The van der Waals surface area contributed by atoms with Crippen LogP contribution in [0.2, 0.25) is 0 Å². The van der Waals surface area contributed by atoms with Crippen molar-refractivity contribution in [1.82, 2.24) is 0 Å². The molecule has 0 aromatic heterocycles. The molecule has 0 aliphatic rings. The number of hydrogen-bond donors (Lipinski definition) is 0. The Kier molecular flexibility index (Phi) is 3.85. The SMILES string of the molecule is O=CC(C=O)CC(=O)c1ccccc1F. The van der Waals surface area contributed by atoms with Crippen LogP contribution in [0.1, 0.15) is 16.8 Å². The topological polar surface area (TPSA) is 51.2 Å². The number of hydrogen-bond acceptors (Lipinski definition) is 3. The van der Waals surface area contributed by atoms with Gasteiger partial charge in [-0.3, -0.25) is 4.79 Å². The van der Waals surface area contributed by atoms with Crippen LogP contribution in [0.4, 0.5) is 4.39 Å². The average molecular weight is 208 g/mol. The minimum Gasteiger partial charge on any atom is -0.303 e. The number of carbonyl (C=O) groups excluding carboxylic acids is 3. The molecule has 15 heavy (non-hydrogen) atoms. The molecular weight excluding hydrogens is 199 g/mol. The second kappa shape index (κ2) is 5.14. The predicted molar refractivity (Wildman–Crippen MR) is 51.0 cm³/mol. The fourth-order valence-electron chi connectivity index (χ4n) is 1.14. The first-order chi connectivity index (χ1) is 7.19. The molecule has 0 heterocycles. The van der Waals surface area contributed by atoms with E-state index in [-0.39, 0.29) is 12.0 Å². The molecule has 3 nitrogen and oxygen atoms in total. The molecule has 0 aliphatic carbocycles. The summed E-state index contributed by atoms with van der Waals surface area (Å²) in [5, 5.41) is 0. The maximum atomic E-state index is 13.1. The van der Waals surface area contributed by atoms with Gasteiger partial charge in [0.25, 0.3) is 0 Å². The highest BCUT2D eigenvalue weighted by atomic mass is 19.1. The van der Waals surface area contributed by atoms with Crippen molar-refractivity contribution in [3.05, 3.63) is 35.6 Å². The number of benzene rings is 1. The lowest BCUT2D eigenvalue weighted by molar-refractivity contribution is -0.119. The summed E-state index contributed by atoms with van der Waals surface area (Å²) in [5.74, 6) is -2.17. The summed E-state index contributed by atoms with van der Waals surface area (Å²) in [6.07, 6.45) is 0.478. The van der Waals surface area contributed by atoms with E-state index in [0.717, 1.165) is 6.07 Å². The largest absolute Gasteiger partial charge is 0.303 e. The normalized spacial score (nSPS) is 10.0. The quantitative estimate of drug-likeness (QED) is 0.417. The summed E-state index contributed by atoms with van der Waals surface area (Å²) in [5.41, 5.74) is -0.0915. The van der Waals surface area contributed by atoms with Crippen molar-refractivity contribution in [1.29, 1.82) is 0 Å². The summed E-state index contributed by atoms with van der Waals surface area (Å²) in [4.78, 5) is 32.1. The molecule has 78 valence electrons. The molecule has 1 rings (SSSR count). The summed E-state index contributed by atoms with van der Waals surface area (Å²) in [7, 11) is 0. The lowest BCUT2D eigenvalue weighted by Crippen LogP contribution is -2.12. The Balaban J connectivity index is 2.81. The van der Waals surface area contributed by atoms with Gasteiger partial charge in [0.05, 0.1) is 11.5 Å². The molecule has 0 amide bonds. The summed E-state index contributed by atoms with van der Waals surface area (Å²) in [6, 6.07) is 5.46. The number of Topliss-reactive ketones (excluding diaryl/α,β-unsaturated/α-hetero) is 1. The minimum absolute atomic E-state index is 0.0915. The number of halogens is 1. The Labute approximate surface area is 85.9 Å².